The van der Waals surface area contributed by atoms with Crippen LogP contribution in [-0.2, 0) is 38.0 Å². The third-order valence-corrected chi connectivity index (χ3v) is 11.4. The Balaban J connectivity index is 1.81. The lowest BCUT2D eigenvalue weighted by Gasteiger charge is -2.46. The lowest BCUT2D eigenvalue weighted by molar-refractivity contribution is -0.361. The van der Waals surface area contributed by atoms with Crippen LogP contribution in [0.25, 0.3) is 0 Å². The Bertz CT molecular complexity index is 1090. The van der Waals surface area contributed by atoms with Gasteiger partial charge in [-0.25, -0.2) is 0 Å². The van der Waals surface area contributed by atoms with Gasteiger partial charge in [0.15, 0.2) is 12.6 Å². The van der Waals surface area contributed by atoms with Gasteiger partial charge in [0.2, 0.25) is 0 Å². The molecular formula is C45H84O15. The number of aliphatic hydroxyl groups is 7. The Kier molecular flexibility index (Phi) is 29.3. The molecule has 2 saturated heterocycles. The summed E-state index contributed by atoms with van der Waals surface area (Å²) in [7, 11) is 0. The predicted molar refractivity (Wildman–Crippen MR) is 224 cm³/mol. The number of carbonyl (C=O) groups excluding carboxylic acids is 2. The van der Waals surface area contributed by atoms with E-state index in [-0.39, 0.29) is 19.4 Å². The summed E-state index contributed by atoms with van der Waals surface area (Å²) in [6, 6.07) is 0. The Morgan fingerprint density at radius 1 is 0.517 bits per heavy atom. The third-order valence-electron chi connectivity index (χ3n) is 11.4. The van der Waals surface area contributed by atoms with E-state index < -0.39 is 99.3 Å². The van der Waals surface area contributed by atoms with Crippen molar-refractivity contribution in [2.75, 3.05) is 26.4 Å². The van der Waals surface area contributed by atoms with E-state index in [1.165, 1.54) is 77.0 Å². The first-order valence-electron chi connectivity index (χ1n) is 23.3. The Hall–Kier alpha value is -1.50. The summed E-state index contributed by atoms with van der Waals surface area (Å²) in [5.41, 5.74) is 0. The largest absolute Gasteiger partial charge is 0.463 e. The van der Waals surface area contributed by atoms with E-state index in [4.69, 9.17) is 28.4 Å². The van der Waals surface area contributed by atoms with Crippen molar-refractivity contribution in [2.45, 2.75) is 236 Å². The van der Waals surface area contributed by atoms with Gasteiger partial charge in [0.1, 0.15) is 68.1 Å². The minimum absolute atomic E-state index is 0.162. The summed E-state index contributed by atoms with van der Waals surface area (Å²) in [4.78, 5) is 25.0. The van der Waals surface area contributed by atoms with Crippen LogP contribution in [0, 0.1) is 11.8 Å². The number of unbranched alkanes of at least 4 members (excludes halogenated alkanes) is 16. The monoisotopic (exact) mass is 865 g/mol. The SMILES string of the molecule is CC(C)CCCCCCCCCCCC(=O)OC[C@H](O)CO[C@@H]1O[C@@H](COC(=O)CCCCCCCCCCCC(C)C)[C@@H](O)[C@H](O[C@@H]2O[C@H](CO)[C@H](O)[C@@H](O)[C@@H]2O)[C@H]1O. The Morgan fingerprint density at radius 3 is 1.45 bits per heavy atom. The quantitative estimate of drug-likeness (QED) is 0.0334. The number of hydrogen-bond acceptors (Lipinski definition) is 15. The summed E-state index contributed by atoms with van der Waals surface area (Å²) in [6.45, 7) is 7.00. The van der Waals surface area contributed by atoms with Crippen LogP contribution in [0.15, 0.2) is 0 Å². The summed E-state index contributed by atoms with van der Waals surface area (Å²) in [5, 5.41) is 73.6. The molecule has 354 valence electrons. The highest BCUT2D eigenvalue weighted by Crippen LogP contribution is 2.30. The fourth-order valence-corrected chi connectivity index (χ4v) is 7.55. The first-order chi connectivity index (χ1) is 28.7. The fourth-order valence-electron chi connectivity index (χ4n) is 7.55. The number of ether oxygens (including phenoxy) is 6. The standard InChI is InChI=1S/C45H84O15/c1-31(2)23-19-15-11-7-5-9-13-17-21-25-36(48)55-28-33(47)29-57-44-42(54)43(60-45-41(53)40(52)38(50)34(27-46)58-45)39(51)35(59-44)30-56-37(49)26-22-18-14-10-6-8-12-16-20-24-32(3)4/h31-35,38-47,50-54H,5-30H2,1-4H3/t33-,34+,35-,38-,39+,40+,41-,42+,43-,44+,45-/m0/s1. The lowest BCUT2D eigenvalue weighted by atomic mass is 9.97. The maximum absolute atomic E-state index is 12.6. The molecule has 0 aromatic heterocycles. The van der Waals surface area contributed by atoms with Crippen LogP contribution in [0.1, 0.15) is 169 Å². The highest BCUT2D eigenvalue weighted by atomic mass is 16.7. The zero-order valence-electron chi connectivity index (χ0n) is 37.3. The minimum Gasteiger partial charge on any atom is -0.463 e. The van der Waals surface area contributed by atoms with Crippen LogP contribution < -0.4 is 0 Å². The summed E-state index contributed by atoms with van der Waals surface area (Å²) >= 11 is 0. The van der Waals surface area contributed by atoms with Gasteiger partial charge in [0.05, 0.1) is 13.2 Å². The van der Waals surface area contributed by atoms with Gasteiger partial charge in [-0.2, -0.15) is 0 Å². The molecule has 0 bridgehead atoms. The summed E-state index contributed by atoms with van der Waals surface area (Å²) in [6.07, 6.45) is 5.33. The van der Waals surface area contributed by atoms with Crippen LogP contribution in [0.4, 0.5) is 0 Å². The molecule has 15 nitrogen and oxygen atoms in total. The molecule has 7 N–H and O–H groups in total. The molecule has 0 aliphatic carbocycles. The average molecular weight is 865 g/mol. The molecular weight excluding hydrogens is 780 g/mol. The zero-order valence-corrected chi connectivity index (χ0v) is 37.3. The topological polar surface area (TPSA) is 231 Å². The molecule has 0 spiro atoms. The summed E-state index contributed by atoms with van der Waals surface area (Å²) < 4.78 is 33.2. The van der Waals surface area contributed by atoms with Crippen molar-refractivity contribution in [3.05, 3.63) is 0 Å². The highest BCUT2D eigenvalue weighted by Gasteiger charge is 2.51. The second-order valence-corrected chi connectivity index (χ2v) is 17.9. The van der Waals surface area contributed by atoms with Crippen LogP contribution >= 0.6 is 0 Å². The second kappa shape index (κ2) is 32.2. The van der Waals surface area contributed by atoms with Crippen LogP contribution in [0.2, 0.25) is 0 Å². The molecule has 11 atom stereocenters. The van der Waals surface area contributed by atoms with E-state index in [0.717, 1.165) is 50.4 Å². The average Bonchev–Trinajstić information content (AvgIpc) is 3.21. The Labute approximate surface area is 359 Å². The normalized spacial score (nSPS) is 27.7. The number of carbonyl (C=O) groups is 2. The first kappa shape index (κ1) is 54.6. The molecule has 15 heteroatoms. The van der Waals surface area contributed by atoms with E-state index in [0.29, 0.717) is 12.8 Å². The van der Waals surface area contributed by atoms with E-state index in [1.807, 2.05) is 0 Å². The van der Waals surface area contributed by atoms with Gasteiger partial charge >= 0.3 is 11.9 Å². The fraction of sp³-hybridized carbons (Fsp3) is 0.956. The van der Waals surface area contributed by atoms with E-state index in [9.17, 15) is 45.3 Å². The molecule has 2 heterocycles. The van der Waals surface area contributed by atoms with Crippen molar-refractivity contribution in [1.82, 2.24) is 0 Å². The number of rotatable bonds is 34. The molecule has 2 fully saturated rings. The van der Waals surface area contributed by atoms with Gasteiger partial charge in [-0.05, 0) is 24.7 Å². The van der Waals surface area contributed by atoms with Crippen LogP contribution in [0.5, 0.6) is 0 Å². The van der Waals surface area contributed by atoms with E-state index in [2.05, 4.69) is 27.7 Å². The summed E-state index contributed by atoms with van der Waals surface area (Å²) in [5.74, 6) is 0.554. The van der Waals surface area contributed by atoms with Gasteiger partial charge in [-0.1, -0.05) is 143 Å². The number of aliphatic hydroxyl groups excluding tert-OH is 7. The van der Waals surface area contributed by atoms with Gasteiger partial charge in [0.25, 0.3) is 0 Å². The number of hydrogen-bond donors (Lipinski definition) is 7. The molecule has 0 aromatic rings. The molecule has 60 heavy (non-hydrogen) atoms. The molecule has 0 unspecified atom stereocenters. The van der Waals surface area contributed by atoms with Crippen LogP contribution in [-0.4, -0.2) is 142 Å². The molecule has 2 aliphatic rings. The maximum Gasteiger partial charge on any atom is 0.305 e. The molecule has 0 amide bonds. The molecule has 2 rings (SSSR count). The lowest BCUT2D eigenvalue weighted by Crippen LogP contribution is -2.65. The minimum atomic E-state index is -1.83. The molecule has 0 aromatic carbocycles. The van der Waals surface area contributed by atoms with Gasteiger partial charge in [-0.15, -0.1) is 0 Å². The zero-order chi connectivity index (χ0) is 44.3. The number of esters is 2. The van der Waals surface area contributed by atoms with E-state index in [1.54, 1.807) is 0 Å². The van der Waals surface area contributed by atoms with Gasteiger partial charge < -0.3 is 64.2 Å². The maximum atomic E-state index is 12.6. The highest BCUT2D eigenvalue weighted by molar-refractivity contribution is 5.69. The first-order valence-corrected chi connectivity index (χ1v) is 23.3. The Morgan fingerprint density at radius 2 is 0.967 bits per heavy atom. The van der Waals surface area contributed by atoms with Crippen molar-refractivity contribution in [3.8, 4) is 0 Å². The second-order valence-electron chi connectivity index (χ2n) is 17.9. The van der Waals surface area contributed by atoms with Gasteiger partial charge in [-0.3, -0.25) is 9.59 Å². The van der Waals surface area contributed by atoms with Crippen molar-refractivity contribution in [1.29, 1.82) is 0 Å². The smallest absolute Gasteiger partial charge is 0.305 e. The molecule has 2 aliphatic heterocycles. The molecule has 0 saturated carbocycles. The van der Waals surface area contributed by atoms with Crippen molar-refractivity contribution < 1.29 is 73.8 Å². The van der Waals surface area contributed by atoms with Crippen molar-refractivity contribution in [3.63, 3.8) is 0 Å². The molecule has 0 radical (unpaired) electrons. The van der Waals surface area contributed by atoms with E-state index >= 15 is 0 Å². The third kappa shape index (κ3) is 22.7. The van der Waals surface area contributed by atoms with Gasteiger partial charge in [0, 0.05) is 12.8 Å². The van der Waals surface area contributed by atoms with Crippen LogP contribution in [0.3, 0.4) is 0 Å². The van der Waals surface area contributed by atoms with Crippen molar-refractivity contribution in [2.24, 2.45) is 11.8 Å². The predicted octanol–water partition coefficient (Wildman–Crippen LogP) is 4.98. The van der Waals surface area contributed by atoms with Crippen molar-refractivity contribution >= 4 is 11.9 Å².